The molecule has 1 N–H and O–H groups in total. The minimum atomic E-state index is -0.882. The predicted molar refractivity (Wildman–Crippen MR) is 113 cm³/mol. The fourth-order valence-electron chi connectivity index (χ4n) is 4.54. The molecule has 0 spiro atoms. The fourth-order valence-corrected chi connectivity index (χ4v) is 4.54. The summed E-state index contributed by atoms with van der Waals surface area (Å²) >= 11 is 0. The molecule has 1 atom stereocenters. The molecular weight excluding hydrogens is 350 g/mol. The van der Waals surface area contributed by atoms with Gasteiger partial charge in [-0.05, 0) is 71.5 Å². The first kappa shape index (κ1) is 21.1. The van der Waals surface area contributed by atoms with Crippen LogP contribution in [0.25, 0.3) is 0 Å². The smallest absolute Gasteiger partial charge is 0.320 e. The van der Waals surface area contributed by atoms with E-state index in [0.29, 0.717) is 19.0 Å². The molecule has 0 radical (unpaired) electrons. The van der Waals surface area contributed by atoms with Gasteiger partial charge in [-0.15, -0.1) is 0 Å². The number of aliphatic hydroxyl groups is 1. The van der Waals surface area contributed by atoms with Crippen molar-refractivity contribution in [3.63, 3.8) is 0 Å². The minimum Gasteiger partial charge on any atom is -0.389 e. The number of hydrogen-bond acceptors (Lipinski definition) is 3. The second-order valence-electron chi connectivity index (χ2n) is 9.55. The molecule has 1 saturated heterocycles. The molecule has 2 aliphatic rings. The molecule has 2 fully saturated rings. The number of carbonyl (C=O) groups is 1. The van der Waals surface area contributed by atoms with E-state index in [2.05, 4.69) is 54.2 Å². The lowest BCUT2D eigenvalue weighted by atomic mass is 9.81. The number of rotatable bonds is 6. The number of nitrogens with zero attached hydrogens (tertiary/aromatic N) is 3. The standard InChI is InChI=1S/C23H37N3O2/c1-22(2,28)18-26-15-8-13-23(24(3)4,20-9-6-5-7-10-20)14-16-25(21(26)27)17-19-11-12-19/h5-7,9-10,19,28H,8,11-18H2,1-4H3/t23-/m0/s1. The summed E-state index contributed by atoms with van der Waals surface area (Å²) in [5.41, 5.74) is 0.371. The summed E-state index contributed by atoms with van der Waals surface area (Å²) < 4.78 is 0. The van der Waals surface area contributed by atoms with Crippen molar-refractivity contribution in [2.75, 3.05) is 40.3 Å². The average Bonchev–Trinajstić information content (AvgIpc) is 3.44. The quantitative estimate of drug-likeness (QED) is 0.812. The first-order valence-electron chi connectivity index (χ1n) is 10.7. The third-order valence-electron chi connectivity index (χ3n) is 6.28. The minimum absolute atomic E-state index is 0.0753. The van der Waals surface area contributed by atoms with Gasteiger partial charge in [0.1, 0.15) is 0 Å². The Bertz CT molecular complexity index is 652. The molecule has 2 amide bonds. The largest absolute Gasteiger partial charge is 0.389 e. The monoisotopic (exact) mass is 387 g/mol. The highest BCUT2D eigenvalue weighted by molar-refractivity contribution is 5.74. The molecule has 1 aromatic carbocycles. The summed E-state index contributed by atoms with van der Waals surface area (Å²) in [4.78, 5) is 19.6. The van der Waals surface area contributed by atoms with Gasteiger partial charge in [-0.25, -0.2) is 4.79 Å². The van der Waals surface area contributed by atoms with Crippen LogP contribution in [0.4, 0.5) is 4.79 Å². The molecule has 5 heteroatoms. The van der Waals surface area contributed by atoms with E-state index in [0.717, 1.165) is 32.4 Å². The Hall–Kier alpha value is -1.59. The summed E-state index contributed by atoms with van der Waals surface area (Å²) in [5, 5.41) is 10.3. The van der Waals surface area contributed by atoms with Crippen LogP contribution < -0.4 is 0 Å². The number of urea groups is 1. The maximum Gasteiger partial charge on any atom is 0.320 e. The average molecular weight is 388 g/mol. The molecule has 28 heavy (non-hydrogen) atoms. The van der Waals surface area contributed by atoms with Crippen molar-refractivity contribution < 1.29 is 9.90 Å². The molecule has 1 aromatic rings. The topological polar surface area (TPSA) is 47.0 Å². The zero-order valence-corrected chi connectivity index (χ0v) is 18.0. The van der Waals surface area contributed by atoms with Crippen molar-refractivity contribution in [3.05, 3.63) is 35.9 Å². The van der Waals surface area contributed by atoms with Crippen molar-refractivity contribution in [2.45, 2.75) is 57.1 Å². The van der Waals surface area contributed by atoms with Gasteiger partial charge in [0.2, 0.25) is 0 Å². The van der Waals surface area contributed by atoms with E-state index in [-0.39, 0.29) is 11.6 Å². The molecule has 5 nitrogen and oxygen atoms in total. The van der Waals surface area contributed by atoms with Gasteiger partial charge in [-0.1, -0.05) is 30.3 Å². The summed E-state index contributed by atoms with van der Waals surface area (Å²) in [6.07, 6.45) is 5.31. The maximum absolute atomic E-state index is 13.3. The fraction of sp³-hybridized carbons (Fsp3) is 0.696. The van der Waals surface area contributed by atoms with Crippen LogP contribution in [-0.2, 0) is 5.54 Å². The van der Waals surface area contributed by atoms with Gasteiger partial charge in [0.05, 0.1) is 12.1 Å². The van der Waals surface area contributed by atoms with Gasteiger partial charge in [0.15, 0.2) is 0 Å². The van der Waals surface area contributed by atoms with Crippen LogP contribution in [0.1, 0.15) is 51.5 Å². The third kappa shape index (κ3) is 5.06. The first-order chi connectivity index (χ1) is 13.2. The third-order valence-corrected chi connectivity index (χ3v) is 6.28. The van der Waals surface area contributed by atoms with Crippen molar-refractivity contribution in [1.29, 1.82) is 0 Å². The Morgan fingerprint density at radius 1 is 1.11 bits per heavy atom. The van der Waals surface area contributed by atoms with Crippen molar-refractivity contribution in [2.24, 2.45) is 5.92 Å². The van der Waals surface area contributed by atoms with E-state index < -0.39 is 5.60 Å². The Balaban J connectivity index is 1.89. The molecule has 1 aliphatic heterocycles. The van der Waals surface area contributed by atoms with Crippen LogP contribution >= 0.6 is 0 Å². The van der Waals surface area contributed by atoms with Gasteiger partial charge < -0.3 is 14.9 Å². The zero-order valence-electron chi connectivity index (χ0n) is 18.0. The lowest BCUT2D eigenvalue weighted by Crippen LogP contribution is -2.50. The number of β-amino-alcohol motifs (C(OH)–C–C–N with tert-alkyl or cyclic N) is 1. The lowest BCUT2D eigenvalue weighted by Gasteiger charge is -2.41. The van der Waals surface area contributed by atoms with Crippen LogP contribution in [0, 0.1) is 5.92 Å². The summed E-state index contributed by atoms with van der Waals surface area (Å²) in [5.74, 6) is 0.652. The van der Waals surface area contributed by atoms with E-state index in [4.69, 9.17) is 0 Å². The Kier molecular flexibility index (Phi) is 6.35. The molecule has 1 aliphatic carbocycles. The van der Waals surface area contributed by atoms with Crippen molar-refractivity contribution in [1.82, 2.24) is 14.7 Å². The van der Waals surface area contributed by atoms with Crippen LogP contribution in [0.5, 0.6) is 0 Å². The van der Waals surface area contributed by atoms with Gasteiger partial charge >= 0.3 is 6.03 Å². The highest BCUT2D eigenvalue weighted by Gasteiger charge is 2.39. The van der Waals surface area contributed by atoms with Gasteiger partial charge in [0, 0.05) is 25.2 Å². The first-order valence-corrected chi connectivity index (χ1v) is 10.7. The second-order valence-corrected chi connectivity index (χ2v) is 9.55. The molecule has 1 saturated carbocycles. The summed E-state index contributed by atoms with van der Waals surface area (Å²) in [7, 11) is 4.32. The Morgan fingerprint density at radius 2 is 1.79 bits per heavy atom. The second kappa shape index (κ2) is 8.42. The van der Waals surface area contributed by atoms with Crippen molar-refractivity contribution in [3.8, 4) is 0 Å². The molecular formula is C23H37N3O2. The molecule has 0 bridgehead atoms. The molecule has 156 valence electrons. The Morgan fingerprint density at radius 3 is 2.36 bits per heavy atom. The van der Waals surface area contributed by atoms with Crippen LogP contribution in [-0.4, -0.2) is 71.7 Å². The lowest BCUT2D eigenvalue weighted by molar-refractivity contribution is 0.0400. The molecule has 3 rings (SSSR count). The van der Waals surface area contributed by atoms with E-state index in [1.165, 1.54) is 18.4 Å². The molecule has 1 heterocycles. The summed E-state index contributed by atoms with van der Waals surface area (Å²) in [6, 6.07) is 10.8. The van der Waals surface area contributed by atoms with E-state index in [9.17, 15) is 9.90 Å². The SMILES string of the molecule is CN(C)[C@@]1(c2ccccc2)CCCN(CC(C)(C)O)C(=O)N(CC2CC2)CC1. The van der Waals surface area contributed by atoms with E-state index in [1.54, 1.807) is 13.8 Å². The van der Waals surface area contributed by atoms with Crippen LogP contribution in [0.15, 0.2) is 30.3 Å². The van der Waals surface area contributed by atoms with Gasteiger partial charge in [0.25, 0.3) is 0 Å². The number of amides is 2. The maximum atomic E-state index is 13.3. The van der Waals surface area contributed by atoms with Crippen molar-refractivity contribution >= 4 is 6.03 Å². The highest BCUT2D eigenvalue weighted by atomic mass is 16.3. The molecule has 0 unspecified atom stereocenters. The highest BCUT2D eigenvalue weighted by Crippen LogP contribution is 2.37. The summed E-state index contributed by atoms with van der Waals surface area (Å²) in [6.45, 7) is 6.24. The number of hydrogen-bond donors (Lipinski definition) is 1. The van der Waals surface area contributed by atoms with Crippen LogP contribution in [0.2, 0.25) is 0 Å². The predicted octanol–water partition coefficient (Wildman–Crippen LogP) is 3.53. The van der Waals surface area contributed by atoms with Crippen LogP contribution in [0.3, 0.4) is 0 Å². The normalized spacial score (nSPS) is 24.9. The van der Waals surface area contributed by atoms with Gasteiger partial charge in [-0.2, -0.15) is 0 Å². The van der Waals surface area contributed by atoms with Gasteiger partial charge in [-0.3, -0.25) is 4.90 Å². The molecule has 0 aromatic heterocycles. The van der Waals surface area contributed by atoms with E-state index in [1.807, 2.05) is 4.90 Å². The van der Waals surface area contributed by atoms with E-state index >= 15 is 0 Å². The number of carbonyl (C=O) groups excluding carboxylic acids is 1. The Labute approximate surface area is 170 Å². The number of benzene rings is 1. The zero-order chi connectivity index (χ0) is 20.4.